The summed E-state index contributed by atoms with van der Waals surface area (Å²) in [6.45, 7) is 3.59. The third-order valence-corrected chi connectivity index (χ3v) is 5.26. The Morgan fingerprint density at radius 3 is 2.86 bits per heavy atom. The minimum absolute atomic E-state index is 0.0826. The first kappa shape index (κ1) is 13.7. The van der Waals surface area contributed by atoms with Crippen molar-refractivity contribution in [2.24, 2.45) is 5.92 Å². The van der Waals surface area contributed by atoms with E-state index in [0.29, 0.717) is 18.6 Å². The van der Waals surface area contributed by atoms with Crippen LogP contribution in [0.4, 0.5) is 0 Å². The molecule has 2 bridgehead atoms. The molecular weight excluding hydrogens is 266 g/mol. The number of hydrogen-bond donors (Lipinski definition) is 1. The van der Waals surface area contributed by atoms with Gasteiger partial charge in [0.2, 0.25) is 0 Å². The summed E-state index contributed by atoms with van der Waals surface area (Å²) in [5.41, 5.74) is 1.30. The van der Waals surface area contributed by atoms with E-state index in [1.807, 2.05) is 13.0 Å². The average Bonchev–Trinajstić information content (AvgIpc) is 2.96. The lowest BCUT2D eigenvalue weighted by molar-refractivity contribution is -0.170. The molecule has 0 aliphatic carbocycles. The summed E-state index contributed by atoms with van der Waals surface area (Å²) in [5.74, 6) is 0.404. The van der Waals surface area contributed by atoms with E-state index in [1.165, 1.54) is 5.56 Å². The van der Waals surface area contributed by atoms with Gasteiger partial charge in [-0.15, -0.1) is 0 Å². The summed E-state index contributed by atoms with van der Waals surface area (Å²) < 4.78 is 11.8. The van der Waals surface area contributed by atoms with Gasteiger partial charge >= 0.3 is 0 Å². The molecule has 4 rings (SSSR count). The summed E-state index contributed by atoms with van der Waals surface area (Å²) in [7, 11) is 0. The fourth-order valence-corrected chi connectivity index (χ4v) is 4.45. The monoisotopic (exact) mass is 289 g/mol. The van der Waals surface area contributed by atoms with E-state index in [0.717, 1.165) is 19.4 Å². The number of fused-ring (bicyclic) bond motifs is 1. The molecule has 0 aromatic heterocycles. The molecule has 0 amide bonds. The molecule has 3 aliphatic rings. The number of ether oxygens (including phenoxy) is 2. The maximum atomic E-state index is 10.4. The van der Waals surface area contributed by atoms with Crippen molar-refractivity contribution in [1.29, 1.82) is 0 Å². The molecule has 3 heterocycles. The van der Waals surface area contributed by atoms with Gasteiger partial charge in [0.05, 0.1) is 12.2 Å². The second kappa shape index (κ2) is 5.36. The van der Waals surface area contributed by atoms with Crippen molar-refractivity contribution in [3.63, 3.8) is 0 Å². The lowest BCUT2D eigenvalue weighted by atomic mass is 9.96. The summed E-state index contributed by atoms with van der Waals surface area (Å²) in [6.07, 6.45) is 1.49. The van der Waals surface area contributed by atoms with Gasteiger partial charge in [0.1, 0.15) is 0 Å². The third kappa shape index (κ3) is 2.21. The van der Waals surface area contributed by atoms with Crippen molar-refractivity contribution in [3.8, 4) is 0 Å². The summed E-state index contributed by atoms with van der Waals surface area (Å²) in [5, 5.41) is 10.4. The zero-order chi connectivity index (χ0) is 14.4. The highest BCUT2D eigenvalue weighted by Gasteiger charge is 2.59. The lowest BCUT2D eigenvalue weighted by Crippen LogP contribution is -2.53. The van der Waals surface area contributed by atoms with Crippen LogP contribution >= 0.6 is 0 Å². The molecule has 21 heavy (non-hydrogen) atoms. The van der Waals surface area contributed by atoms with Gasteiger partial charge in [-0.25, -0.2) is 0 Å². The molecule has 6 atom stereocenters. The zero-order valence-electron chi connectivity index (χ0n) is 12.4. The SMILES string of the molecule is CCO[C@H]1OC2C[C@H](O)[C@@H]3C[C@H]1[C@H]2N3Cc1ccccc1. The Balaban J connectivity index is 1.58. The molecule has 1 aromatic rings. The predicted octanol–water partition coefficient (Wildman–Crippen LogP) is 1.77. The highest BCUT2D eigenvalue weighted by Crippen LogP contribution is 2.49. The fourth-order valence-electron chi connectivity index (χ4n) is 4.45. The van der Waals surface area contributed by atoms with Gasteiger partial charge in [0, 0.05) is 37.6 Å². The Morgan fingerprint density at radius 1 is 1.29 bits per heavy atom. The Hall–Kier alpha value is -0.940. The lowest BCUT2D eigenvalue weighted by Gasteiger charge is -2.40. The molecule has 3 saturated heterocycles. The van der Waals surface area contributed by atoms with Gasteiger partial charge in [-0.1, -0.05) is 30.3 Å². The molecule has 4 heteroatoms. The molecule has 0 spiro atoms. The molecule has 1 unspecified atom stereocenters. The molecule has 4 nitrogen and oxygen atoms in total. The Bertz CT molecular complexity index is 494. The second-order valence-corrected chi connectivity index (χ2v) is 6.42. The van der Waals surface area contributed by atoms with Gasteiger partial charge in [-0.3, -0.25) is 4.90 Å². The average molecular weight is 289 g/mol. The Kier molecular flexibility index (Phi) is 3.50. The Morgan fingerprint density at radius 2 is 2.10 bits per heavy atom. The minimum atomic E-state index is -0.275. The van der Waals surface area contributed by atoms with Crippen molar-refractivity contribution in [3.05, 3.63) is 35.9 Å². The van der Waals surface area contributed by atoms with Crippen molar-refractivity contribution in [1.82, 2.24) is 4.90 Å². The van der Waals surface area contributed by atoms with E-state index in [-0.39, 0.29) is 24.5 Å². The molecule has 114 valence electrons. The summed E-state index contributed by atoms with van der Waals surface area (Å²) in [6, 6.07) is 11.2. The molecule has 0 saturated carbocycles. The number of aliphatic hydroxyl groups excluding tert-OH is 1. The number of rotatable bonds is 4. The second-order valence-electron chi connectivity index (χ2n) is 6.42. The molecule has 1 N–H and O–H groups in total. The van der Waals surface area contributed by atoms with Crippen LogP contribution < -0.4 is 0 Å². The first-order chi connectivity index (χ1) is 10.3. The van der Waals surface area contributed by atoms with Crippen LogP contribution in [0, 0.1) is 5.92 Å². The van der Waals surface area contributed by atoms with E-state index in [1.54, 1.807) is 0 Å². The van der Waals surface area contributed by atoms with Gasteiger partial charge in [-0.2, -0.15) is 0 Å². The smallest absolute Gasteiger partial charge is 0.162 e. The maximum absolute atomic E-state index is 10.4. The molecule has 3 aliphatic heterocycles. The molecular formula is C17H23NO3. The maximum Gasteiger partial charge on any atom is 0.162 e. The quantitative estimate of drug-likeness (QED) is 0.917. The van der Waals surface area contributed by atoms with Gasteiger partial charge in [0.25, 0.3) is 0 Å². The van der Waals surface area contributed by atoms with Crippen LogP contribution in [0.5, 0.6) is 0 Å². The van der Waals surface area contributed by atoms with Crippen LogP contribution in [0.1, 0.15) is 25.3 Å². The number of hydrogen-bond acceptors (Lipinski definition) is 4. The van der Waals surface area contributed by atoms with Crippen LogP contribution in [-0.2, 0) is 16.0 Å². The Labute approximate surface area is 125 Å². The predicted molar refractivity (Wildman–Crippen MR) is 78.6 cm³/mol. The first-order valence-electron chi connectivity index (χ1n) is 8.02. The molecule has 1 aromatic carbocycles. The van der Waals surface area contributed by atoms with Crippen molar-refractivity contribution in [2.75, 3.05) is 6.61 Å². The number of aliphatic hydroxyl groups is 1. The summed E-state index contributed by atoms with van der Waals surface area (Å²) in [4.78, 5) is 2.46. The highest BCUT2D eigenvalue weighted by atomic mass is 16.7. The zero-order valence-corrected chi connectivity index (χ0v) is 12.4. The fraction of sp³-hybridized carbons (Fsp3) is 0.647. The van der Waals surface area contributed by atoms with E-state index in [9.17, 15) is 5.11 Å². The van der Waals surface area contributed by atoms with Crippen molar-refractivity contribution in [2.45, 2.75) is 56.9 Å². The minimum Gasteiger partial charge on any atom is -0.391 e. The van der Waals surface area contributed by atoms with Crippen LogP contribution in [-0.4, -0.2) is 47.2 Å². The largest absolute Gasteiger partial charge is 0.391 e. The van der Waals surface area contributed by atoms with Crippen LogP contribution in [0.15, 0.2) is 30.3 Å². The van der Waals surface area contributed by atoms with E-state index in [4.69, 9.17) is 9.47 Å². The normalized spacial score (nSPS) is 41.6. The highest BCUT2D eigenvalue weighted by molar-refractivity contribution is 5.18. The first-order valence-corrected chi connectivity index (χ1v) is 8.02. The van der Waals surface area contributed by atoms with Crippen LogP contribution in [0.2, 0.25) is 0 Å². The van der Waals surface area contributed by atoms with Gasteiger partial charge in [-0.05, 0) is 18.9 Å². The van der Waals surface area contributed by atoms with Crippen LogP contribution in [0.25, 0.3) is 0 Å². The molecule has 0 radical (unpaired) electrons. The standard InChI is InChI=1S/C17H23NO3/c1-2-20-17-12-8-13-14(19)9-15(21-17)16(12)18(13)10-11-6-4-3-5-7-11/h3-7,12-17,19H,2,8-10H2,1H3/t12-,13-,14-,15?,16+,17-/m0/s1. The third-order valence-electron chi connectivity index (χ3n) is 5.26. The van der Waals surface area contributed by atoms with Gasteiger partial charge in [0.15, 0.2) is 6.29 Å². The van der Waals surface area contributed by atoms with E-state index >= 15 is 0 Å². The van der Waals surface area contributed by atoms with E-state index < -0.39 is 0 Å². The number of benzene rings is 1. The van der Waals surface area contributed by atoms with E-state index in [2.05, 4.69) is 29.2 Å². The number of nitrogens with zero attached hydrogens (tertiary/aromatic N) is 1. The number of piperidine rings is 1. The summed E-state index contributed by atoms with van der Waals surface area (Å²) >= 11 is 0. The molecule has 3 fully saturated rings. The van der Waals surface area contributed by atoms with Crippen molar-refractivity contribution >= 4 is 0 Å². The van der Waals surface area contributed by atoms with Crippen LogP contribution in [0.3, 0.4) is 0 Å². The topological polar surface area (TPSA) is 41.9 Å². The van der Waals surface area contributed by atoms with Gasteiger partial charge < -0.3 is 14.6 Å². The van der Waals surface area contributed by atoms with Crippen molar-refractivity contribution < 1.29 is 14.6 Å².